The molecule has 285 valence electrons. The van der Waals surface area contributed by atoms with Gasteiger partial charge in [0, 0.05) is 12.8 Å². The van der Waals surface area contributed by atoms with Gasteiger partial charge in [-0.2, -0.15) is 0 Å². The molecule has 0 aliphatic rings. The van der Waals surface area contributed by atoms with Crippen molar-refractivity contribution in [2.24, 2.45) is 0 Å². The molecule has 0 aliphatic heterocycles. The number of unbranched alkanes of at least 4 members (excludes halogenated alkanes) is 22. The van der Waals surface area contributed by atoms with Gasteiger partial charge in [-0.25, -0.2) is 0 Å². The topological polar surface area (TPSA) is 119 Å². The smallest absolute Gasteiger partial charge is 0.394 e. The Balaban J connectivity index is 4.25. The van der Waals surface area contributed by atoms with Gasteiger partial charge in [0.1, 0.15) is 6.10 Å². The van der Waals surface area contributed by atoms with Crippen molar-refractivity contribution in [2.45, 2.75) is 206 Å². The van der Waals surface area contributed by atoms with Crippen LogP contribution in [-0.2, 0) is 28.6 Å². The minimum absolute atomic E-state index is 0.0271. The summed E-state index contributed by atoms with van der Waals surface area (Å²) >= 11 is 0. The highest BCUT2D eigenvalue weighted by molar-refractivity contribution is 5.77. The van der Waals surface area contributed by atoms with E-state index in [9.17, 15) is 19.5 Å². The number of ether oxygens (including phenoxy) is 3. The maximum absolute atomic E-state index is 12.6. The number of allylic oxidation sites excluding steroid dienone is 4. The molecule has 0 saturated heterocycles. The zero-order chi connectivity index (χ0) is 36.1. The Labute approximate surface area is 299 Å². The van der Waals surface area contributed by atoms with Crippen molar-refractivity contribution < 1.29 is 38.8 Å². The van der Waals surface area contributed by atoms with E-state index in [4.69, 9.17) is 19.3 Å². The summed E-state index contributed by atoms with van der Waals surface area (Å²) in [5.74, 6) is -4.21. The molecular formula is C41H73O8. The molecule has 8 heteroatoms. The van der Waals surface area contributed by atoms with Crippen LogP contribution in [0.25, 0.3) is 0 Å². The van der Waals surface area contributed by atoms with Crippen molar-refractivity contribution in [3.63, 3.8) is 0 Å². The Morgan fingerprint density at radius 3 is 1.22 bits per heavy atom. The molecule has 0 heterocycles. The van der Waals surface area contributed by atoms with Crippen LogP contribution in [0.3, 0.4) is 0 Å². The number of carbonyl (C=O) groups is 2. The Morgan fingerprint density at radius 1 is 0.571 bits per heavy atom. The highest BCUT2D eigenvalue weighted by Crippen LogP contribution is 2.19. The number of aliphatic hydroxyl groups excluding tert-OH is 2. The molecule has 8 nitrogen and oxygen atoms in total. The Morgan fingerprint density at radius 2 is 0.898 bits per heavy atom. The fraction of sp³-hybridized carbons (Fsp3) is 0.829. The molecule has 0 bridgehead atoms. The van der Waals surface area contributed by atoms with Crippen molar-refractivity contribution in [3.05, 3.63) is 24.3 Å². The first-order chi connectivity index (χ1) is 23.9. The van der Waals surface area contributed by atoms with E-state index in [-0.39, 0.29) is 12.8 Å². The molecule has 49 heavy (non-hydrogen) atoms. The van der Waals surface area contributed by atoms with Gasteiger partial charge in [0.15, 0.2) is 0 Å². The Kier molecular flexibility index (Phi) is 34.3. The summed E-state index contributed by atoms with van der Waals surface area (Å²) < 4.78 is 15.5. The summed E-state index contributed by atoms with van der Waals surface area (Å²) in [6.45, 7) is 3.26. The van der Waals surface area contributed by atoms with E-state index in [1.807, 2.05) is 0 Å². The highest BCUT2D eigenvalue weighted by Gasteiger charge is 2.42. The third-order valence-corrected chi connectivity index (χ3v) is 8.58. The van der Waals surface area contributed by atoms with Gasteiger partial charge >= 0.3 is 24.2 Å². The van der Waals surface area contributed by atoms with Gasteiger partial charge < -0.3 is 19.7 Å². The number of carbonyl (C=O) groups excluding carboxylic acids is 3. The minimum Gasteiger partial charge on any atom is -0.394 e. The molecule has 1 unspecified atom stereocenters. The van der Waals surface area contributed by atoms with Crippen LogP contribution in [0.2, 0.25) is 0 Å². The lowest BCUT2D eigenvalue weighted by Crippen LogP contribution is -2.46. The van der Waals surface area contributed by atoms with Gasteiger partial charge in [0.25, 0.3) is 0 Å². The maximum Gasteiger partial charge on any atom is 0.449 e. The third kappa shape index (κ3) is 31.7. The number of hydrogen-bond donors (Lipinski definition) is 2. The maximum atomic E-state index is 12.6. The van der Waals surface area contributed by atoms with Crippen LogP contribution in [0, 0.1) is 0 Å². The van der Waals surface area contributed by atoms with E-state index in [0.717, 1.165) is 77.0 Å². The van der Waals surface area contributed by atoms with E-state index < -0.39 is 37.2 Å². The molecule has 0 rings (SSSR count). The van der Waals surface area contributed by atoms with E-state index in [0.29, 0.717) is 12.8 Å². The average molecular weight is 694 g/mol. The van der Waals surface area contributed by atoms with E-state index >= 15 is 0 Å². The van der Waals surface area contributed by atoms with E-state index in [1.54, 1.807) is 0 Å². The molecule has 1 atom stereocenters. The van der Waals surface area contributed by atoms with Crippen LogP contribution in [-0.4, -0.2) is 53.7 Å². The van der Waals surface area contributed by atoms with Crippen LogP contribution >= 0.6 is 0 Å². The largest absolute Gasteiger partial charge is 0.449 e. The first-order valence-corrected chi connectivity index (χ1v) is 20.0. The van der Waals surface area contributed by atoms with Crippen LogP contribution in [0.5, 0.6) is 0 Å². The molecule has 0 fully saturated rings. The molecule has 0 saturated carbocycles. The minimum atomic E-state index is -2.70. The van der Waals surface area contributed by atoms with Crippen molar-refractivity contribution in [3.8, 4) is 0 Å². The second-order valence-corrected chi connectivity index (χ2v) is 13.4. The molecule has 0 aromatic carbocycles. The SMILES string of the molecule is CCCCCCCC/C=C\CCCCCCCC(=O)OC([C]=O)(OCC(O)CO)OC(=O)CCCCCCC/C=C\CCCCCCCC. The lowest BCUT2D eigenvalue weighted by Gasteiger charge is -2.27. The van der Waals surface area contributed by atoms with Crippen LogP contribution < -0.4 is 0 Å². The molecule has 0 aliphatic carbocycles. The normalized spacial score (nSPS) is 12.6. The van der Waals surface area contributed by atoms with Crippen LogP contribution in [0.15, 0.2) is 24.3 Å². The van der Waals surface area contributed by atoms with Gasteiger partial charge in [-0.1, -0.05) is 141 Å². The van der Waals surface area contributed by atoms with E-state index in [2.05, 4.69) is 38.2 Å². The summed E-state index contributed by atoms with van der Waals surface area (Å²) in [6, 6.07) is 0. The lowest BCUT2D eigenvalue weighted by atomic mass is 10.1. The number of esters is 2. The van der Waals surface area contributed by atoms with Crippen molar-refractivity contribution in [1.82, 2.24) is 0 Å². The van der Waals surface area contributed by atoms with Crippen LogP contribution in [0.1, 0.15) is 194 Å². The second kappa shape index (κ2) is 35.8. The van der Waals surface area contributed by atoms with Gasteiger partial charge in [-0.15, -0.1) is 0 Å². The number of aliphatic hydroxyl groups is 2. The second-order valence-electron chi connectivity index (χ2n) is 13.4. The zero-order valence-electron chi connectivity index (χ0n) is 31.4. The third-order valence-electron chi connectivity index (χ3n) is 8.58. The monoisotopic (exact) mass is 694 g/mol. The fourth-order valence-corrected chi connectivity index (χ4v) is 5.49. The molecule has 1 radical (unpaired) electrons. The highest BCUT2D eigenvalue weighted by atomic mass is 16.9. The zero-order valence-corrected chi connectivity index (χ0v) is 31.4. The first kappa shape index (κ1) is 47.0. The molecule has 0 spiro atoms. The number of hydrogen-bond acceptors (Lipinski definition) is 8. The summed E-state index contributed by atoms with van der Waals surface area (Å²) in [6.07, 6.45) is 38.5. The Hall–Kier alpha value is -2.03. The van der Waals surface area contributed by atoms with Gasteiger partial charge in [-0.3, -0.25) is 19.1 Å². The summed E-state index contributed by atoms with van der Waals surface area (Å²) in [4.78, 5) is 37.0. The van der Waals surface area contributed by atoms with Gasteiger partial charge in [0.05, 0.1) is 13.2 Å². The van der Waals surface area contributed by atoms with E-state index in [1.165, 1.54) is 83.3 Å². The van der Waals surface area contributed by atoms with Crippen LogP contribution in [0.4, 0.5) is 0 Å². The molecule has 0 aromatic rings. The standard InChI is InChI=1S/C41H73O8/c1-3-5-7-9-11-13-15-17-19-21-23-25-27-29-31-33-39(45)48-41(37-43,47-36-38(44)35-42)49-40(46)34-32-30-28-26-24-22-20-18-16-14-12-10-8-6-4-2/h17-20,38,42,44H,3-16,21-36H2,1-2H3/b19-17-,20-18-. The molecular weight excluding hydrogens is 620 g/mol. The predicted octanol–water partition coefficient (Wildman–Crippen LogP) is 10.3. The lowest BCUT2D eigenvalue weighted by molar-refractivity contribution is -0.310. The summed E-state index contributed by atoms with van der Waals surface area (Å²) in [7, 11) is 0. The molecule has 2 N–H and O–H groups in total. The van der Waals surface area contributed by atoms with Gasteiger partial charge in [-0.05, 0) is 64.2 Å². The van der Waals surface area contributed by atoms with Crippen molar-refractivity contribution in [1.29, 1.82) is 0 Å². The van der Waals surface area contributed by atoms with Gasteiger partial charge in [0.2, 0.25) is 0 Å². The summed E-state index contributed by atoms with van der Waals surface area (Å²) in [5, 5.41) is 18.8. The quantitative estimate of drug-likeness (QED) is 0.0286. The summed E-state index contributed by atoms with van der Waals surface area (Å²) in [5.41, 5.74) is 0. The number of rotatable bonds is 37. The Bertz CT molecular complexity index is 770. The average Bonchev–Trinajstić information content (AvgIpc) is 3.10. The molecule has 0 amide bonds. The predicted molar refractivity (Wildman–Crippen MR) is 199 cm³/mol. The fourth-order valence-electron chi connectivity index (χ4n) is 5.49. The molecule has 0 aromatic heterocycles. The van der Waals surface area contributed by atoms with Crippen molar-refractivity contribution in [2.75, 3.05) is 13.2 Å². The van der Waals surface area contributed by atoms with Crippen molar-refractivity contribution >= 4 is 18.2 Å². The first-order valence-electron chi connectivity index (χ1n) is 20.0.